The van der Waals surface area contributed by atoms with Crippen LogP contribution in [0.1, 0.15) is 19.8 Å². The third-order valence-electron chi connectivity index (χ3n) is 3.01. The molecule has 0 N–H and O–H groups in total. The molecule has 1 unspecified atom stereocenters. The second kappa shape index (κ2) is 6.31. The van der Waals surface area contributed by atoms with Gasteiger partial charge in [-0.05, 0) is 6.92 Å². The lowest BCUT2D eigenvalue weighted by atomic mass is 10.3. The van der Waals surface area contributed by atoms with Gasteiger partial charge in [-0.1, -0.05) is 5.06 Å². The van der Waals surface area contributed by atoms with Crippen molar-refractivity contribution in [3.05, 3.63) is 0 Å². The average Bonchev–Trinajstić information content (AvgIpc) is 2.74. The molecule has 0 aliphatic carbocycles. The molecule has 21 heavy (non-hydrogen) atoms. The zero-order valence-corrected chi connectivity index (χ0v) is 11.9. The van der Waals surface area contributed by atoms with Crippen molar-refractivity contribution >= 4 is 25.1 Å². The van der Waals surface area contributed by atoms with Gasteiger partial charge in [0.1, 0.15) is 12.6 Å². The minimum absolute atomic E-state index is 0.245. The molecule has 2 heterocycles. The summed E-state index contributed by atoms with van der Waals surface area (Å²) in [5.41, 5.74) is 0. The Balaban J connectivity index is 0.000000383. The standard InChI is InChI=1S/C10H16N3O3.BF4/c1-7-6-11(2)10(12(7)3)16-13-8(14)4-5-9(13)15;2-1(3,4)5/h7H,4-6H2,1-3H3;/q+1;-1. The molecule has 2 aliphatic rings. The summed E-state index contributed by atoms with van der Waals surface area (Å²) in [6.07, 6.45) is 0.490. The van der Waals surface area contributed by atoms with Crippen molar-refractivity contribution in [2.75, 3.05) is 20.6 Å². The van der Waals surface area contributed by atoms with Crippen molar-refractivity contribution in [2.24, 2.45) is 0 Å². The first kappa shape index (κ1) is 17.2. The summed E-state index contributed by atoms with van der Waals surface area (Å²) < 4.78 is 40.9. The fourth-order valence-corrected chi connectivity index (χ4v) is 1.93. The Morgan fingerprint density at radius 1 is 1.19 bits per heavy atom. The van der Waals surface area contributed by atoms with E-state index in [1.54, 1.807) is 0 Å². The number of amides is 2. The Morgan fingerprint density at radius 3 is 1.95 bits per heavy atom. The Kier molecular flexibility index (Phi) is 5.18. The van der Waals surface area contributed by atoms with Gasteiger partial charge in [-0.15, -0.1) is 0 Å². The predicted molar refractivity (Wildman–Crippen MR) is 65.6 cm³/mol. The third-order valence-corrected chi connectivity index (χ3v) is 3.01. The van der Waals surface area contributed by atoms with Gasteiger partial charge in [-0.25, -0.2) is 9.48 Å². The number of halogens is 4. The molecule has 0 aromatic carbocycles. The highest BCUT2D eigenvalue weighted by atomic mass is 19.5. The molecule has 2 rings (SSSR count). The van der Waals surface area contributed by atoms with Crippen LogP contribution in [0.15, 0.2) is 0 Å². The molecular weight excluding hydrogens is 297 g/mol. The summed E-state index contributed by atoms with van der Waals surface area (Å²) in [5.74, 6) is -0.530. The molecule has 120 valence electrons. The molecular formula is C10H16BF4N3O3. The van der Waals surface area contributed by atoms with E-state index < -0.39 is 7.25 Å². The summed E-state index contributed by atoms with van der Waals surface area (Å²) in [4.78, 5) is 30.1. The highest BCUT2D eigenvalue weighted by Gasteiger charge is 2.40. The Bertz CT molecular complexity index is 447. The van der Waals surface area contributed by atoms with E-state index >= 15 is 0 Å². The van der Waals surface area contributed by atoms with E-state index in [1.807, 2.05) is 23.6 Å². The predicted octanol–water partition coefficient (Wildman–Crippen LogP) is 0.699. The lowest BCUT2D eigenvalue weighted by molar-refractivity contribution is -0.501. The molecule has 0 aromatic rings. The summed E-state index contributed by atoms with van der Waals surface area (Å²) in [5, 5.41) is 0.875. The maximum atomic E-state index is 11.4. The van der Waals surface area contributed by atoms with E-state index in [9.17, 15) is 26.9 Å². The molecule has 6 nitrogen and oxygen atoms in total. The van der Waals surface area contributed by atoms with Gasteiger partial charge in [-0.2, -0.15) is 0 Å². The Morgan fingerprint density at radius 2 is 1.62 bits per heavy atom. The van der Waals surface area contributed by atoms with Gasteiger partial charge in [-0.3, -0.25) is 14.4 Å². The number of nitrogens with zero attached hydrogens (tertiary/aromatic N) is 3. The number of carbonyl (C=O) groups excluding carboxylic acids is 2. The zero-order valence-electron chi connectivity index (χ0n) is 11.9. The van der Waals surface area contributed by atoms with Gasteiger partial charge in [0.15, 0.2) is 0 Å². The van der Waals surface area contributed by atoms with Gasteiger partial charge >= 0.3 is 13.3 Å². The SMILES string of the molecule is CC1C[N+](C)=C(ON2C(=O)CCC2=O)N1C.F[B-](F)(F)F. The van der Waals surface area contributed by atoms with Crippen molar-refractivity contribution in [3.8, 4) is 0 Å². The summed E-state index contributed by atoms with van der Waals surface area (Å²) in [7, 11) is -2.24. The molecule has 1 saturated heterocycles. The zero-order chi connectivity index (χ0) is 16.4. The monoisotopic (exact) mass is 313 g/mol. The molecule has 1 fully saturated rings. The topological polar surface area (TPSA) is 52.9 Å². The number of hydrogen-bond acceptors (Lipinski definition) is 4. The molecule has 11 heteroatoms. The van der Waals surface area contributed by atoms with Gasteiger partial charge in [0, 0.05) is 12.8 Å². The van der Waals surface area contributed by atoms with Crippen LogP contribution in [0.3, 0.4) is 0 Å². The molecule has 0 aromatic heterocycles. The molecule has 0 spiro atoms. The van der Waals surface area contributed by atoms with Crippen LogP contribution in [0.2, 0.25) is 0 Å². The van der Waals surface area contributed by atoms with Crippen molar-refractivity contribution in [1.29, 1.82) is 0 Å². The van der Waals surface area contributed by atoms with Crippen molar-refractivity contribution in [1.82, 2.24) is 9.96 Å². The van der Waals surface area contributed by atoms with Gasteiger partial charge < -0.3 is 17.3 Å². The van der Waals surface area contributed by atoms with Crippen molar-refractivity contribution in [3.63, 3.8) is 0 Å². The molecule has 2 amide bonds. The normalized spacial score (nSPS) is 22.7. The first-order chi connectivity index (χ1) is 9.50. The van der Waals surface area contributed by atoms with E-state index in [2.05, 4.69) is 6.92 Å². The van der Waals surface area contributed by atoms with Crippen LogP contribution >= 0.6 is 0 Å². The van der Waals surface area contributed by atoms with Crippen molar-refractivity contribution < 1.29 is 36.3 Å². The smallest absolute Gasteiger partial charge is 0.418 e. The Labute approximate surface area is 119 Å². The van der Waals surface area contributed by atoms with Gasteiger partial charge in [0.05, 0.1) is 14.1 Å². The molecule has 0 saturated carbocycles. The third kappa shape index (κ3) is 4.90. The van der Waals surface area contributed by atoms with E-state index in [0.29, 0.717) is 12.1 Å². The number of carbonyl (C=O) groups is 2. The van der Waals surface area contributed by atoms with Crippen LogP contribution in [0.25, 0.3) is 0 Å². The van der Waals surface area contributed by atoms with Crippen LogP contribution in [0.4, 0.5) is 17.3 Å². The van der Waals surface area contributed by atoms with E-state index in [-0.39, 0.29) is 24.7 Å². The molecule has 0 radical (unpaired) electrons. The fraction of sp³-hybridized carbons (Fsp3) is 0.700. The van der Waals surface area contributed by atoms with E-state index in [1.165, 1.54) is 0 Å². The summed E-state index contributed by atoms with van der Waals surface area (Å²) >= 11 is 0. The quantitative estimate of drug-likeness (QED) is 0.309. The van der Waals surface area contributed by atoms with Crippen molar-refractivity contribution in [2.45, 2.75) is 25.8 Å². The first-order valence-corrected chi connectivity index (χ1v) is 6.22. The van der Waals surface area contributed by atoms with Gasteiger partial charge in [0.25, 0.3) is 11.8 Å². The fourth-order valence-electron chi connectivity index (χ4n) is 1.93. The van der Waals surface area contributed by atoms with Crippen LogP contribution in [0.5, 0.6) is 0 Å². The lowest BCUT2D eigenvalue weighted by Crippen LogP contribution is -2.40. The molecule has 0 bridgehead atoms. The van der Waals surface area contributed by atoms with E-state index in [4.69, 9.17) is 4.84 Å². The highest BCUT2D eigenvalue weighted by molar-refractivity contribution is 6.50. The largest absolute Gasteiger partial charge is 0.673 e. The van der Waals surface area contributed by atoms with Crippen LogP contribution < -0.4 is 0 Å². The van der Waals surface area contributed by atoms with Crippen LogP contribution in [-0.2, 0) is 14.4 Å². The number of rotatable bonds is 1. The highest BCUT2D eigenvalue weighted by Crippen LogP contribution is 2.15. The summed E-state index contributed by atoms with van der Waals surface area (Å²) in [6, 6.07) is 0.865. The Hall–Kier alpha value is -1.81. The van der Waals surface area contributed by atoms with E-state index in [0.717, 1.165) is 11.6 Å². The number of imide groups is 1. The van der Waals surface area contributed by atoms with Crippen LogP contribution in [0, 0.1) is 0 Å². The second-order valence-electron chi connectivity index (χ2n) is 4.79. The summed E-state index contributed by atoms with van der Waals surface area (Å²) in [6.45, 7) is 2.88. The minimum atomic E-state index is -6.00. The maximum Gasteiger partial charge on any atom is 0.673 e. The maximum absolute atomic E-state index is 11.4. The number of likely N-dealkylation sites (N-methyl/N-ethyl adjacent to an activating group) is 2. The van der Waals surface area contributed by atoms with Crippen LogP contribution in [-0.4, -0.2) is 66.3 Å². The molecule has 1 atom stereocenters. The second-order valence-corrected chi connectivity index (χ2v) is 4.79. The van der Waals surface area contributed by atoms with Gasteiger partial charge in [0.2, 0.25) is 0 Å². The lowest BCUT2D eigenvalue weighted by Gasteiger charge is -2.15. The average molecular weight is 313 g/mol. The first-order valence-electron chi connectivity index (χ1n) is 6.22. The molecule has 2 aliphatic heterocycles. The number of hydrogen-bond donors (Lipinski definition) is 0. The number of hydroxylamine groups is 2. The minimum Gasteiger partial charge on any atom is -0.418 e. The number of amidine groups is 1.